The summed E-state index contributed by atoms with van der Waals surface area (Å²) in [5, 5.41) is 0. The van der Waals surface area contributed by atoms with Crippen molar-refractivity contribution in [1.29, 1.82) is 0 Å². The second-order valence-corrected chi connectivity index (χ2v) is 4.84. The van der Waals surface area contributed by atoms with Crippen LogP contribution in [0.4, 0.5) is 5.69 Å². The standard InChI is InChI=1S/C17H22N2O/c1-19(16-9-5-6-10-17(16)20-2)13-15-8-4-3-7-14(15)11-12-18/h3-10H,11-13,18H2,1-2H3. The van der Waals surface area contributed by atoms with Crippen LogP contribution in [0.25, 0.3) is 0 Å². The Morgan fingerprint density at radius 1 is 1.00 bits per heavy atom. The van der Waals surface area contributed by atoms with E-state index < -0.39 is 0 Å². The van der Waals surface area contributed by atoms with Gasteiger partial charge in [0.2, 0.25) is 0 Å². The molecular formula is C17H22N2O. The molecule has 3 heteroatoms. The molecule has 0 aliphatic carbocycles. The van der Waals surface area contributed by atoms with Gasteiger partial charge in [0.1, 0.15) is 5.75 Å². The molecule has 2 rings (SSSR count). The molecule has 0 saturated carbocycles. The number of anilines is 1. The van der Waals surface area contributed by atoms with E-state index in [4.69, 9.17) is 10.5 Å². The maximum absolute atomic E-state index is 5.68. The minimum Gasteiger partial charge on any atom is -0.495 e. The lowest BCUT2D eigenvalue weighted by atomic mass is 10.0. The van der Waals surface area contributed by atoms with E-state index in [1.165, 1.54) is 11.1 Å². The molecule has 0 aliphatic heterocycles. The highest BCUT2D eigenvalue weighted by molar-refractivity contribution is 5.58. The van der Waals surface area contributed by atoms with Gasteiger partial charge < -0.3 is 15.4 Å². The van der Waals surface area contributed by atoms with Crippen molar-refractivity contribution in [1.82, 2.24) is 0 Å². The van der Waals surface area contributed by atoms with Crippen LogP contribution >= 0.6 is 0 Å². The van der Waals surface area contributed by atoms with Gasteiger partial charge in [-0.05, 0) is 36.2 Å². The number of methoxy groups -OCH3 is 1. The van der Waals surface area contributed by atoms with Gasteiger partial charge in [-0.1, -0.05) is 36.4 Å². The van der Waals surface area contributed by atoms with Crippen LogP contribution in [-0.4, -0.2) is 20.7 Å². The molecule has 0 aliphatic rings. The van der Waals surface area contributed by atoms with Crippen LogP contribution in [0.1, 0.15) is 11.1 Å². The van der Waals surface area contributed by atoms with Gasteiger partial charge in [-0.3, -0.25) is 0 Å². The maximum Gasteiger partial charge on any atom is 0.142 e. The van der Waals surface area contributed by atoms with Crippen molar-refractivity contribution in [3.8, 4) is 5.75 Å². The topological polar surface area (TPSA) is 38.5 Å². The number of hydrogen-bond acceptors (Lipinski definition) is 3. The number of rotatable bonds is 6. The van der Waals surface area contributed by atoms with E-state index in [2.05, 4.69) is 42.3 Å². The Hall–Kier alpha value is -2.00. The number of para-hydroxylation sites is 2. The predicted octanol–water partition coefficient (Wildman–Crippen LogP) is 2.83. The SMILES string of the molecule is COc1ccccc1N(C)Cc1ccccc1CCN. The van der Waals surface area contributed by atoms with Gasteiger partial charge in [-0.15, -0.1) is 0 Å². The van der Waals surface area contributed by atoms with E-state index >= 15 is 0 Å². The number of benzene rings is 2. The Morgan fingerprint density at radius 3 is 2.35 bits per heavy atom. The molecule has 0 aromatic heterocycles. The number of nitrogens with zero attached hydrogens (tertiary/aromatic N) is 1. The fraction of sp³-hybridized carbons (Fsp3) is 0.294. The molecular weight excluding hydrogens is 248 g/mol. The van der Waals surface area contributed by atoms with Gasteiger partial charge in [-0.2, -0.15) is 0 Å². The lowest BCUT2D eigenvalue weighted by molar-refractivity contribution is 0.415. The second-order valence-electron chi connectivity index (χ2n) is 4.84. The van der Waals surface area contributed by atoms with Crippen molar-refractivity contribution in [2.75, 3.05) is 25.6 Å². The molecule has 0 amide bonds. The van der Waals surface area contributed by atoms with E-state index in [0.717, 1.165) is 24.4 Å². The molecule has 0 saturated heterocycles. The summed E-state index contributed by atoms with van der Waals surface area (Å²) in [6, 6.07) is 16.5. The van der Waals surface area contributed by atoms with Crippen LogP contribution in [0.2, 0.25) is 0 Å². The second kappa shape index (κ2) is 6.96. The first-order valence-corrected chi connectivity index (χ1v) is 6.87. The third-order valence-electron chi connectivity index (χ3n) is 3.44. The number of ether oxygens (including phenoxy) is 1. The molecule has 0 atom stereocenters. The minimum absolute atomic E-state index is 0.676. The molecule has 0 fully saturated rings. The van der Waals surface area contributed by atoms with Gasteiger partial charge in [0.05, 0.1) is 12.8 Å². The largest absolute Gasteiger partial charge is 0.495 e. The summed E-state index contributed by atoms with van der Waals surface area (Å²) in [6.45, 7) is 1.52. The zero-order chi connectivity index (χ0) is 14.4. The molecule has 0 unspecified atom stereocenters. The van der Waals surface area contributed by atoms with Crippen LogP contribution < -0.4 is 15.4 Å². The molecule has 2 aromatic rings. The summed E-state index contributed by atoms with van der Waals surface area (Å²) < 4.78 is 5.42. The molecule has 20 heavy (non-hydrogen) atoms. The molecule has 2 N–H and O–H groups in total. The average Bonchev–Trinajstić information content (AvgIpc) is 2.49. The summed E-state index contributed by atoms with van der Waals surface area (Å²) in [5.74, 6) is 0.895. The predicted molar refractivity (Wildman–Crippen MR) is 84.3 cm³/mol. The van der Waals surface area contributed by atoms with E-state index in [-0.39, 0.29) is 0 Å². The summed E-state index contributed by atoms with van der Waals surface area (Å²) in [4.78, 5) is 2.20. The third-order valence-corrected chi connectivity index (χ3v) is 3.44. The molecule has 2 aromatic carbocycles. The van der Waals surface area contributed by atoms with Gasteiger partial charge >= 0.3 is 0 Å². The van der Waals surface area contributed by atoms with Crippen molar-refractivity contribution in [2.24, 2.45) is 5.73 Å². The normalized spacial score (nSPS) is 10.3. The summed E-state index contributed by atoms with van der Waals surface area (Å²) in [6.07, 6.45) is 0.913. The Kier molecular flexibility index (Phi) is 5.02. The van der Waals surface area contributed by atoms with Gasteiger partial charge in [0.25, 0.3) is 0 Å². The quantitative estimate of drug-likeness (QED) is 0.877. The smallest absolute Gasteiger partial charge is 0.142 e. The monoisotopic (exact) mass is 270 g/mol. The van der Waals surface area contributed by atoms with Crippen LogP contribution in [0.5, 0.6) is 5.75 Å². The number of nitrogens with two attached hydrogens (primary N) is 1. The maximum atomic E-state index is 5.68. The van der Waals surface area contributed by atoms with Crippen LogP contribution in [0.15, 0.2) is 48.5 Å². The van der Waals surface area contributed by atoms with Gasteiger partial charge in [0, 0.05) is 13.6 Å². The fourth-order valence-electron chi connectivity index (χ4n) is 2.40. The van der Waals surface area contributed by atoms with Crippen LogP contribution in [0.3, 0.4) is 0 Å². The highest BCUT2D eigenvalue weighted by atomic mass is 16.5. The van der Waals surface area contributed by atoms with Crippen molar-refractivity contribution in [3.05, 3.63) is 59.7 Å². The van der Waals surface area contributed by atoms with Crippen molar-refractivity contribution < 1.29 is 4.74 Å². The molecule has 0 heterocycles. The highest BCUT2D eigenvalue weighted by Crippen LogP contribution is 2.28. The van der Waals surface area contributed by atoms with E-state index in [0.29, 0.717) is 6.54 Å². The third kappa shape index (κ3) is 3.31. The molecule has 3 nitrogen and oxygen atoms in total. The Balaban J connectivity index is 2.21. The van der Waals surface area contributed by atoms with Crippen molar-refractivity contribution in [3.63, 3.8) is 0 Å². The first kappa shape index (κ1) is 14.4. The summed E-state index contributed by atoms with van der Waals surface area (Å²) in [7, 11) is 3.78. The van der Waals surface area contributed by atoms with Crippen LogP contribution in [0, 0.1) is 0 Å². The molecule has 106 valence electrons. The molecule has 0 spiro atoms. The Labute approximate surface area is 121 Å². The Bertz CT molecular complexity index is 554. The average molecular weight is 270 g/mol. The first-order valence-electron chi connectivity index (χ1n) is 6.87. The van der Waals surface area contributed by atoms with E-state index in [1.807, 2.05) is 18.2 Å². The highest BCUT2D eigenvalue weighted by Gasteiger charge is 2.09. The van der Waals surface area contributed by atoms with Crippen molar-refractivity contribution >= 4 is 5.69 Å². The lowest BCUT2D eigenvalue weighted by Gasteiger charge is -2.23. The summed E-state index contributed by atoms with van der Waals surface area (Å²) >= 11 is 0. The summed E-state index contributed by atoms with van der Waals surface area (Å²) in [5.41, 5.74) is 9.41. The minimum atomic E-state index is 0.676. The zero-order valence-electron chi connectivity index (χ0n) is 12.2. The van der Waals surface area contributed by atoms with E-state index in [1.54, 1.807) is 7.11 Å². The Morgan fingerprint density at radius 2 is 1.65 bits per heavy atom. The zero-order valence-corrected chi connectivity index (χ0v) is 12.2. The van der Waals surface area contributed by atoms with Gasteiger partial charge in [-0.25, -0.2) is 0 Å². The lowest BCUT2D eigenvalue weighted by Crippen LogP contribution is -2.18. The molecule has 0 bridgehead atoms. The fourth-order valence-corrected chi connectivity index (χ4v) is 2.40. The first-order chi connectivity index (χ1) is 9.76. The van der Waals surface area contributed by atoms with Gasteiger partial charge in [0.15, 0.2) is 0 Å². The van der Waals surface area contributed by atoms with Crippen molar-refractivity contribution in [2.45, 2.75) is 13.0 Å². The number of hydrogen-bond donors (Lipinski definition) is 1. The van der Waals surface area contributed by atoms with E-state index in [9.17, 15) is 0 Å². The molecule has 0 radical (unpaired) electrons. The van der Waals surface area contributed by atoms with Crippen LogP contribution in [-0.2, 0) is 13.0 Å².